The molecule has 1 atom stereocenters. The Hall–Kier alpha value is -2.94. The zero-order valence-corrected chi connectivity index (χ0v) is 14.9. The molecule has 142 valence electrons. The molecule has 0 aliphatic rings. The molecular weight excluding hydrogens is 380 g/mol. The number of rotatable bonds is 6. The Labute approximate surface area is 158 Å². The molecule has 2 N–H and O–H groups in total. The average Bonchev–Trinajstić information content (AvgIpc) is 2.59. The van der Waals surface area contributed by atoms with E-state index in [2.05, 4.69) is 17.9 Å². The number of thiol groups is 1. The summed E-state index contributed by atoms with van der Waals surface area (Å²) in [5.74, 6) is -4.76. The molecule has 0 aliphatic carbocycles. The molecule has 0 aliphatic heterocycles. The number of carbonyl (C=O) groups is 3. The molecule has 9 heteroatoms. The largest absolute Gasteiger partial charge is 0.478 e. The Morgan fingerprint density at radius 2 is 1.89 bits per heavy atom. The molecule has 1 amide bonds. The highest BCUT2D eigenvalue weighted by Gasteiger charge is 2.23. The van der Waals surface area contributed by atoms with Gasteiger partial charge in [-0.1, -0.05) is 6.07 Å². The second-order valence-electron chi connectivity index (χ2n) is 5.50. The van der Waals surface area contributed by atoms with Crippen molar-refractivity contribution in [1.29, 1.82) is 0 Å². The Bertz CT molecular complexity index is 903. The zero-order valence-electron chi connectivity index (χ0n) is 14.0. The molecule has 27 heavy (non-hydrogen) atoms. The number of carboxylic acids is 1. The van der Waals surface area contributed by atoms with E-state index >= 15 is 0 Å². The van der Waals surface area contributed by atoms with Gasteiger partial charge in [-0.15, -0.1) is 0 Å². The topological polar surface area (TPSA) is 92.7 Å². The van der Waals surface area contributed by atoms with E-state index in [4.69, 9.17) is 4.74 Å². The van der Waals surface area contributed by atoms with Crippen LogP contribution in [0.1, 0.15) is 17.3 Å². The van der Waals surface area contributed by atoms with Gasteiger partial charge in [0.1, 0.15) is 29.0 Å². The number of hydrogen-bond acceptors (Lipinski definition) is 5. The molecule has 0 bridgehead atoms. The molecule has 1 unspecified atom stereocenters. The smallest absolute Gasteiger partial charge is 0.339 e. The fraction of sp³-hybridized carbons (Fsp3) is 0.167. The molecular formula is C18H15F2NO5S. The normalized spacial score (nSPS) is 11.6. The Balaban J connectivity index is 2.37. The van der Waals surface area contributed by atoms with Gasteiger partial charge in [-0.3, -0.25) is 4.79 Å². The first-order chi connectivity index (χ1) is 12.7. The number of nitrogens with one attached hydrogen (secondary N) is 1. The van der Waals surface area contributed by atoms with Crippen LogP contribution in [0.2, 0.25) is 0 Å². The van der Waals surface area contributed by atoms with Crippen molar-refractivity contribution in [3.8, 4) is 16.9 Å². The first-order valence-corrected chi connectivity index (χ1v) is 8.28. The maximum atomic E-state index is 13.9. The van der Waals surface area contributed by atoms with Crippen LogP contribution < -0.4 is 10.1 Å². The van der Waals surface area contributed by atoms with Gasteiger partial charge in [0.25, 0.3) is 0 Å². The van der Waals surface area contributed by atoms with E-state index in [1.807, 2.05) is 0 Å². The molecule has 0 aromatic heterocycles. The number of amides is 1. The van der Waals surface area contributed by atoms with E-state index in [-0.39, 0.29) is 22.6 Å². The van der Waals surface area contributed by atoms with Gasteiger partial charge in [0.15, 0.2) is 0 Å². The Morgan fingerprint density at radius 1 is 1.19 bits per heavy atom. The first-order valence-electron chi connectivity index (χ1n) is 7.65. The number of halogens is 2. The van der Waals surface area contributed by atoms with Crippen molar-refractivity contribution in [2.75, 3.05) is 5.75 Å². The fourth-order valence-electron chi connectivity index (χ4n) is 2.28. The summed E-state index contributed by atoms with van der Waals surface area (Å²) in [4.78, 5) is 34.7. The minimum atomic E-state index is -1.41. The molecule has 2 rings (SSSR count). The highest BCUT2D eigenvalue weighted by Crippen LogP contribution is 2.29. The molecule has 6 nitrogen and oxygen atoms in total. The second-order valence-corrected chi connectivity index (χ2v) is 5.86. The lowest BCUT2D eigenvalue weighted by molar-refractivity contribution is -0.138. The monoisotopic (exact) mass is 395 g/mol. The molecule has 0 saturated heterocycles. The third kappa shape index (κ3) is 5.04. The predicted octanol–water partition coefficient (Wildman–Crippen LogP) is 2.67. The van der Waals surface area contributed by atoms with Crippen molar-refractivity contribution in [2.45, 2.75) is 13.0 Å². The second kappa shape index (κ2) is 8.63. The minimum Gasteiger partial charge on any atom is -0.478 e. The number of aromatic carboxylic acids is 1. The average molecular weight is 395 g/mol. The number of ether oxygens (including phenoxy) is 1. The van der Waals surface area contributed by atoms with Gasteiger partial charge in [0, 0.05) is 24.3 Å². The number of benzene rings is 2. The van der Waals surface area contributed by atoms with Crippen molar-refractivity contribution in [2.24, 2.45) is 0 Å². The highest BCUT2D eigenvalue weighted by atomic mass is 32.1. The maximum Gasteiger partial charge on any atom is 0.339 e. The van der Waals surface area contributed by atoms with E-state index in [0.717, 1.165) is 12.1 Å². The highest BCUT2D eigenvalue weighted by molar-refractivity contribution is 7.80. The number of carboxylic acid groups (broad SMARTS) is 1. The molecule has 2 aromatic carbocycles. The lowest BCUT2D eigenvalue weighted by atomic mass is 10.0. The van der Waals surface area contributed by atoms with Gasteiger partial charge in [-0.05, 0) is 29.8 Å². The number of hydrogen-bond donors (Lipinski definition) is 3. The molecule has 0 spiro atoms. The molecule has 0 radical (unpaired) electrons. The molecule has 0 fully saturated rings. The maximum absolute atomic E-state index is 13.9. The lowest BCUT2D eigenvalue weighted by Gasteiger charge is -2.16. The summed E-state index contributed by atoms with van der Waals surface area (Å²) in [6.07, 6.45) is 0. The summed E-state index contributed by atoms with van der Waals surface area (Å²) in [6.45, 7) is 1.21. The van der Waals surface area contributed by atoms with Crippen molar-refractivity contribution in [3.05, 3.63) is 53.6 Å². The Morgan fingerprint density at radius 3 is 2.44 bits per heavy atom. The van der Waals surface area contributed by atoms with Crippen LogP contribution in [0.3, 0.4) is 0 Å². The fourth-order valence-corrected chi connectivity index (χ4v) is 2.52. The standard InChI is InChI=1S/C18H15F2NO5S/c1-9(22)21-15(8-27)18(25)26-16-5-2-10(6-13(16)17(23)24)12-4-3-11(19)7-14(12)20/h2-7,15,27H,8H2,1H3,(H,21,22)(H,23,24). The van der Waals surface area contributed by atoms with Gasteiger partial charge in [0.2, 0.25) is 5.91 Å². The van der Waals surface area contributed by atoms with Crippen LogP contribution in [0.15, 0.2) is 36.4 Å². The van der Waals surface area contributed by atoms with Crippen molar-refractivity contribution < 1.29 is 33.0 Å². The molecule has 0 saturated carbocycles. The van der Waals surface area contributed by atoms with Gasteiger partial charge in [-0.25, -0.2) is 18.4 Å². The quantitative estimate of drug-likeness (QED) is 0.397. The summed E-state index contributed by atoms with van der Waals surface area (Å²) in [5.41, 5.74) is -0.245. The molecule has 2 aromatic rings. The number of esters is 1. The summed E-state index contributed by atoms with van der Waals surface area (Å²) in [6, 6.07) is 5.44. The van der Waals surface area contributed by atoms with Crippen molar-refractivity contribution in [1.82, 2.24) is 5.32 Å². The predicted molar refractivity (Wildman–Crippen MR) is 95.8 cm³/mol. The first kappa shape index (κ1) is 20.4. The van der Waals surface area contributed by atoms with Gasteiger partial charge in [-0.2, -0.15) is 12.6 Å². The third-order valence-electron chi connectivity index (χ3n) is 3.51. The van der Waals surface area contributed by atoms with Gasteiger partial charge < -0.3 is 15.2 Å². The van der Waals surface area contributed by atoms with Crippen LogP contribution >= 0.6 is 12.6 Å². The van der Waals surface area contributed by atoms with Crippen LogP contribution in [0.25, 0.3) is 11.1 Å². The van der Waals surface area contributed by atoms with E-state index in [9.17, 15) is 28.3 Å². The summed E-state index contributed by atoms with van der Waals surface area (Å²) in [5, 5.41) is 11.7. The van der Waals surface area contributed by atoms with Crippen LogP contribution in [0.4, 0.5) is 8.78 Å². The number of carbonyl (C=O) groups excluding carboxylic acids is 2. The van der Waals surface area contributed by atoms with Crippen LogP contribution in [0.5, 0.6) is 5.75 Å². The Kier molecular flexibility index (Phi) is 6.51. The van der Waals surface area contributed by atoms with Crippen LogP contribution in [-0.2, 0) is 9.59 Å². The van der Waals surface area contributed by atoms with Crippen molar-refractivity contribution >= 4 is 30.5 Å². The van der Waals surface area contributed by atoms with Crippen molar-refractivity contribution in [3.63, 3.8) is 0 Å². The van der Waals surface area contributed by atoms with E-state index in [1.165, 1.54) is 25.1 Å². The minimum absolute atomic E-state index is 0.0109. The van der Waals surface area contributed by atoms with E-state index in [1.54, 1.807) is 0 Å². The van der Waals surface area contributed by atoms with Gasteiger partial charge in [0.05, 0.1) is 0 Å². The summed E-state index contributed by atoms with van der Waals surface area (Å²) in [7, 11) is 0. The lowest BCUT2D eigenvalue weighted by Crippen LogP contribution is -2.43. The summed E-state index contributed by atoms with van der Waals surface area (Å²) >= 11 is 3.94. The van der Waals surface area contributed by atoms with Gasteiger partial charge >= 0.3 is 11.9 Å². The van der Waals surface area contributed by atoms with Crippen LogP contribution in [0, 0.1) is 11.6 Å². The summed E-state index contributed by atoms with van der Waals surface area (Å²) < 4.78 is 32.0. The SMILES string of the molecule is CC(=O)NC(CS)C(=O)Oc1ccc(-c2ccc(F)cc2F)cc1C(=O)O. The molecule has 0 heterocycles. The third-order valence-corrected chi connectivity index (χ3v) is 3.87. The zero-order chi connectivity index (χ0) is 20.1. The van der Waals surface area contributed by atoms with E-state index < -0.39 is 41.1 Å². The van der Waals surface area contributed by atoms with Crippen LogP contribution in [-0.4, -0.2) is 34.7 Å². The van der Waals surface area contributed by atoms with E-state index in [0.29, 0.717) is 6.07 Å².